The molecule has 0 unspecified atom stereocenters. The largest absolute Gasteiger partial charge is 0.390 e. The van der Waals surface area contributed by atoms with Crippen molar-refractivity contribution in [2.45, 2.75) is 26.1 Å². The molecule has 18 heavy (non-hydrogen) atoms. The summed E-state index contributed by atoms with van der Waals surface area (Å²) in [7, 11) is 0. The van der Waals surface area contributed by atoms with Gasteiger partial charge in [-0.3, -0.25) is 4.68 Å². The second kappa shape index (κ2) is 4.56. The average molecular weight is 277 g/mol. The van der Waals surface area contributed by atoms with Gasteiger partial charge in [-0.1, -0.05) is 11.3 Å². The first-order valence-electron chi connectivity index (χ1n) is 5.05. The second-order valence-electron chi connectivity index (χ2n) is 3.70. The van der Waals surface area contributed by atoms with Crippen molar-refractivity contribution in [2.75, 3.05) is 5.73 Å². The van der Waals surface area contributed by atoms with Crippen molar-refractivity contribution in [1.82, 2.24) is 20.0 Å². The van der Waals surface area contributed by atoms with Crippen LogP contribution in [0.1, 0.15) is 12.1 Å². The molecule has 0 aliphatic carbocycles. The van der Waals surface area contributed by atoms with E-state index in [4.69, 9.17) is 5.73 Å². The van der Waals surface area contributed by atoms with Crippen LogP contribution in [0.15, 0.2) is 6.20 Å². The molecule has 2 aromatic heterocycles. The number of rotatable bonds is 3. The first-order chi connectivity index (χ1) is 8.35. The lowest BCUT2D eigenvalue weighted by atomic mass is 10.3. The molecule has 0 fully saturated rings. The predicted octanol–water partition coefficient (Wildman–Crippen LogP) is 2.24. The molecule has 0 amide bonds. The maximum absolute atomic E-state index is 12.1. The first kappa shape index (κ1) is 12.8. The van der Waals surface area contributed by atoms with Gasteiger partial charge in [-0.05, 0) is 6.92 Å². The zero-order chi connectivity index (χ0) is 13.3. The molecule has 0 radical (unpaired) electrons. The van der Waals surface area contributed by atoms with E-state index < -0.39 is 12.6 Å². The Morgan fingerprint density at radius 2 is 2.11 bits per heavy atom. The van der Waals surface area contributed by atoms with E-state index in [1.54, 1.807) is 6.92 Å². The Hall–Kier alpha value is -1.64. The van der Waals surface area contributed by atoms with Gasteiger partial charge in [-0.2, -0.15) is 18.3 Å². The third-order valence-corrected chi connectivity index (χ3v) is 3.03. The Bertz CT molecular complexity index is 545. The second-order valence-corrected chi connectivity index (χ2v) is 4.71. The molecule has 9 heteroatoms. The predicted molar refractivity (Wildman–Crippen MR) is 61.0 cm³/mol. The molecule has 0 aromatic carbocycles. The Balaban J connectivity index is 2.17. The van der Waals surface area contributed by atoms with E-state index in [0.29, 0.717) is 21.4 Å². The number of anilines is 1. The number of nitrogens with two attached hydrogens (primary N) is 1. The molecule has 0 saturated heterocycles. The molecule has 0 atom stereocenters. The standard InChI is InChI=1S/C9H10F3N5S/c1-5-6(7-14-15-8(13)18-7)4-17(16-5)3-2-9(10,11)12/h4H,2-3H2,1H3,(H2,13,15). The van der Waals surface area contributed by atoms with Crippen molar-refractivity contribution in [1.29, 1.82) is 0 Å². The third kappa shape index (κ3) is 2.97. The molecule has 0 aliphatic heterocycles. The molecule has 5 nitrogen and oxygen atoms in total. The summed E-state index contributed by atoms with van der Waals surface area (Å²) < 4.78 is 37.6. The number of halogens is 3. The van der Waals surface area contributed by atoms with Gasteiger partial charge in [0.1, 0.15) is 0 Å². The van der Waals surface area contributed by atoms with Crippen LogP contribution in [-0.4, -0.2) is 26.2 Å². The molecule has 98 valence electrons. The number of aromatic nitrogens is 4. The van der Waals surface area contributed by atoms with Gasteiger partial charge in [0, 0.05) is 12.7 Å². The molecule has 0 spiro atoms. The van der Waals surface area contributed by atoms with Crippen molar-refractivity contribution >= 4 is 16.5 Å². The number of aryl methyl sites for hydroxylation is 2. The molecule has 2 aromatic rings. The van der Waals surface area contributed by atoms with Crippen molar-refractivity contribution in [3.05, 3.63) is 11.9 Å². The van der Waals surface area contributed by atoms with E-state index in [2.05, 4.69) is 15.3 Å². The zero-order valence-electron chi connectivity index (χ0n) is 9.40. The minimum absolute atomic E-state index is 0.210. The molecule has 2 rings (SSSR count). The van der Waals surface area contributed by atoms with Crippen molar-refractivity contribution in [2.24, 2.45) is 0 Å². The minimum atomic E-state index is -4.19. The highest BCUT2D eigenvalue weighted by atomic mass is 32.1. The Kier molecular flexibility index (Phi) is 3.24. The average Bonchev–Trinajstić information content (AvgIpc) is 2.81. The smallest absolute Gasteiger partial charge is 0.374 e. The van der Waals surface area contributed by atoms with E-state index >= 15 is 0 Å². The van der Waals surface area contributed by atoms with Crippen LogP contribution in [-0.2, 0) is 6.54 Å². The zero-order valence-corrected chi connectivity index (χ0v) is 10.2. The Labute approximate surface area is 104 Å². The van der Waals surface area contributed by atoms with Crippen LogP contribution in [0.4, 0.5) is 18.3 Å². The van der Waals surface area contributed by atoms with Gasteiger partial charge in [-0.25, -0.2) is 0 Å². The van der Waals surface area contributed by atoms with Gasteiger partial charge in [0.2, 0.25) is 5.13 Å². The van der Waals surface area contributed by atoms with Gasteiger partial charge in [0.15, 0.2) is 5.01 Å². The third-order valence-electron chi connectivity index (χ3n) is 2.24. The molecule has 0 bridgehead atoms. The summed E-state index contributed by atoms with van der Waals surface area (Å²) >= 11 is 1.17. The fraction of sp³-hybridized carbons (Fsp3) is 0.444. The monoisotopic (exact) mass is 277 g/mol. The number of hydrogen-bond donors (Lipinski definition) is 1. The van der Waals surface area contributed by atoms with E-state index in [1.165, 1.54) is 22.2 Å². The SMILES string of the molecule is Cc1nn(CCC(F)(F)F)cc1-c1nnc(N)s1. The fourth-order valence-corrected chi connectivity index (χ4v) is 2.10. The van der Waals surface area contributed by atoms with Crippen LogP contribution >= 0.6 is 11.3 Å². The first-order valence-corrected chi connectivity index (χ1v) is 5.87. The highest BCUT2D eigenvalue weighted by Gasteiger charge is 2.27. The molecule has 0 saturated carbocycles. The van der Waals surface area contributed by atoms with E-state index in [9.17, 15) is 13.2 Å². The summed E-state index contributed by atoms with van der Waals surface area (Å²) in [6, 6.07) is 0. The lowest BCUT2D eigenvalue weighted by Gasteiger charge is -2.05. The van der Waals surface area contributed by atoms with Crippen LogP contribution in [0.25, 0.3) is 10.6 Å². The number of alkyl halides is 3. The summed E-state index contributed by atoms with van der Waals surface area (Å²) in [5.41, 5.74) is 6.72. The van der Waals surface area contributed by atoms with Crippen LogP contribution in [0.2, 0.25) is 0 Å². The van der Waals surface area contributed by atoms with Crippen LogP contribution in [0, 0.1) is 6.92 Å². The van der Waals surface area contributed by atoms with Gasteiger partial charge in [-0.15, -0.1) is 10.2 Å². The Morgan fingerprint density at radius 3 is 2.67 bits per heavy atom. The van der Waals surface area contributed by atoms with Gasteiger partial charge in [0.05, 0.1) is 17.7 Å². The lowest BCUT2D eigenvalue weighted by molar-refractivity contribution is -0.137. The highest BCUT2D eigenvalue weighted by Crippen LogP contribution is 2.27. The summed E-state index contributed by atoms with van der Waals surface area (Å²) in [6.07, 6.45) is -3.57. The van der Waals surface area contributed by atoms with Gasteiger partial charge in [0.25, 0.3) is 0 Å². The summed E-state index contributed by atoms with van der Waals surface area (Å²) in [5.74, 6) is 0. The number of hydrogen-bond acceptors (Lipinski definition) is 5. The van der Waals surface area contributed by atoms with Gasteiger partial charge >= 0.3 is 6.18 Å². The quantitative estimate of drug-likeness (QED) is 0.934. The Morgan fingerprint density at radius 1 is 1.39 bits per heavy atom. The van der Waals surface area contributed by atoms with Gasteiger partial charge < -0.3 is 5.73 Å². The van der Waals surface area contributed by atoms with Crippen LogP contribution in [0.3, 0.4) is 0 Å². The number of nitrogens with zero attached hydrogens (tertiary/aromatic N) is 4. The maximum atomic E-state index is 12.1. The van der Waals surface area contributed by atoms with Crippen molar-refractivity contribution in [3.63, 3.8) is 0 Å². The molecule has 0 aliphatic rings. The van der Waals surface area contributed by atoms with Crippen LogP contribution in [0.5, 0.6) is 0 Å². The van der Waals surface area contributed by atoms with E-state index in [0.717, 1.165) is 0 Å². The topological polar surface area (TPSA) is 69.6 Å². The van der Waals surface area contributed by atoms with Crippen LogP contribution < -0.4 is 5.73 Å². The van der Waals surface area contributed by atoms with E-state index in [-0.39, 0.29) is 6.54 Å². The highest BCUT2D eigenvalue weighted by molar-refractivity contribution is 7.18. The summed E-state index contributed by atoms with van der Waals surface area (Å²) in [4.78, 5) is 0. The van der Waals surface area contributed by atoms with E-state index in [1.807, 2.05) is 0 Å². The molecular formula is C9H10F3N5S. The molecule has 2 N–H and O–H groups in total. The normalized spacial score (nSPS) is 12.0. The summed E-state index contributed by atoms with van der Waals surface area (Å²) in [5, 5.41) is 12.4. The summed E-state index contributed by atoms with van der Waals surface area (Å²) in [6.45, 7) is 1.50. The fourth-order valence-electron chi connectivity index (χ4n) is 1.43. The number of nitrogen functional groups attached to an aromatic ring is 1. The molecular weight excluding hydrogens is 267 g/mol. The molecule has 2 heterocycles. The minimum Gasteiger partial charge on any atom is -0.374 e. The maximum Gasteiger partial charge on any atom is 0.390 e. The lowest BCUT2D eigenvalue weighted by Crippen LogP contribution is -2.12. The van der Waals surface area contributed by atoms with Crippen molar-refractivity contribution in [3.8, 4) is 10.6 Å². The van der Waals surface area contributed by atoms with Crippen molar-refractivity contribution < 1.29 is 13.2 Å².